The van der Waals surface area contributed by atoms with E-state index in [1.54, 1.807) is 30.3 Å². The van der Waals surface area contributed by atoms with Crippen LogP contribution in [0.2, 0.25) is 0 Å². The number of fused-ring (bicyclic) bond motifs is 1. The van der Waals surface area contributed by atoms with Gasteiger partial charge < -0.3 is 9.32 Å². The lowest BCUT2D eigenvalue weighted by atomic mass is 10.2. The molecular weight excluding hydrogens is 336 g/mol. The van der Waals surface area contributed by atoms with Crippen molar-refractivity contribution in [2.75, 3.05) is 19.3 Å². The molecule has 7 heteroatoms. The highest BCUT2D eigenvalue weighted by Crippen LogP contribution is 2.28. The van der Waals surface area contributed by atoms with Crippen LogP contribution in [0.4, 0.5) is 0 Å². The predicted octanol–water partition coefficient (Wildman–Crippen LogP) is 3.35. The lowest BCUT2D eigenvalue weighted by Gasteiger charge is -2.15. The van der Waals surface area contributed by atoms with Gasteiger partial charge in [-0.1, -0.05) is 30.0 Å². The maximum Gasteiger partial charge on any atom is 0.232 e. The van der Waals surface area contributed by atoms with Gasteiger partial charge in [0.15, 0.2) is 11.6 Å². The zero-order valence-electron chi connectivity index (χ0n) is 13.7. The fourth-order valence-corrected chi connectivity index (χ4v) is 3.22. The zero-order chi connectivity index (χ0) is 17.6. The third kappa shape index (κ3) is 3.98. The minimum absolute atomic E-state index is 0.0394. The molecule has 2 aromatic heterocycles. The summed E-state index contributed by atoms with van der Waals surface area (Å²) in [6.45, 7) is 0.429. The molecule has 0 aliphatic rings. The Hall–Kier alpha value is -2.85. The molecule has 3 rings (SSSR count). The molecule has 0 bridgehead atoms. The maximum absolute atomic E-state index is 12.2. The van der Waals surface area contributed by atoms with E-state index in [9.17, 15) is 4.79 Å². The summed E-state index contributed by atoms with van der Waals surface area (Å²) in [6.07, 6.45) is 1.90. The number of nitrogens with zero attached hydrogens (tertiary/aromatic N) is 4. The van der Waals surface area contributed by atoms with E-state index >= 15 is 0 Å². The van der Waals surface area contributed by atoms with Crippen molar-refractivity contribution in [3.8, 4) is 17.7 Å². The molecule has 2 heterocycles. The largest absolute Gasteiger partial charge is 0.461 e. The number of thioether (sulfide) groups is 1. The summed E-state index contributed by atoms with van der Waals surface area (Å²) in [7, 11) is 1.70. The highest BCUT2D eigenvalue weighted by molar-refractivity contribution is 8.00. The number of hydrogen-bond acceptors (Lipinski definition) is 6. The Morgan fingerprint density at radius 2 is 2.12 bits per heavy atom. The van der Waals surface area contributed by atoms with Gasteiger partial charge in [0, 0.05) is 19.0 Å². The van der Waals surface area contributed by atoms with Gasteiger partial charge in [-0.2, -0.15) is 5.26 Å². The Bertz CT molecular complexity index is 918. The summed E-state index contributed by atoms with van der Waals surface area (Å²) in [4.78, 5) is 22.9. The van der Waals surface area contributed by atoms with Crippen molar-refractivity contribution < 1.29 is 9.21 Å². The zero-order valence-corrected chi connectivity index (χ0v) is 14.5. The molecule has 0 saturated heterocycles. The van der Waals surface area contributed by atoms with Crippen LogP contribution in [0.3, 0.4) is 0 Å². The first-order valence-electron chi connectivity index (χ1n) is 7.73. The molecule has 1 amide bonds. The van der Waals surface area contributed by atoms with Crippen LogP contribution in [0, 0.1) is 11.3 Å². The lowest BCUT2D eigenvalue weighted by Crippen LogP contribution is -2.29. The fraction of sp³-hybridized carbons (Fsp3) is 0.222. The number of rotatable bonds is 6. The molecule has 0 fully saturated rings. The van der Waals surface area contributed by atoms with Crippen LogP contribution < -0.4 is 0 Å². The number of amides is 1. The number of furan rings is 1. The first-order chi connectivity index (χ1) is 12.2. The quantitative estimate of drug-likeness (QED) is 0.500. The number of carbonyl (C=O) groups excluding carboxylic acids is 1. The topological polar surface area (TPSA) is 83.0 Å². The van der Waals surface area contributed by atoms with Crippen molar-refractivity contribution in [3.63, 3.8) is 0 Å². The van der Waals surface area contributed by atoms with E-state index < -0.39 is 0 Å². The van der Waals surface area contributed by atoms with E-state index in [2.05, 4.69) is 9.97 Å². The lowest BCUT2D eigenvalue weighted by molar-refractivity contribution is -0.127. The molecular formula is C18H16N4O2S. The highest BCUT2D eigenvalue weighted by atomic mass is 32.2. The summed E-state index contributed by atoms with van der Waals surface area (Å²) in [5.74, 6) is 1.30. The molecule has 0 radical (unpaired) electrons. The van der Waals surface area contributed by atoms with Crippen LogP contribution >= 0.6 is 11.8 Å². The van der Waals surface area contributed by atoms with E-state index in [1.807, 2.05) is 30.3 Å². The molecule has 1 aromatic carbocycles. The third-order valence-electron chi connectivity index (χ3n) is 3.63. The summed E-state index contributed by atoms with van der Waals surface area (Å²) >= 11 is 1.36. The van der Waals surface area contributed by atoms with Gasteiger partial charge in [-0.3, -0.25) is 4.79 Å². The second kappa shape index (κ2) is 7.81. The Labute approximate surface area is 149 Å². The van der Waals surface area contributed by atoms with Gasteiger partial charge in [0.25, 0.3) is 0 Å². The average molecular weight is 352 g/mol. The van der Waals surface area contributed by atoms with Gasteiger partial charge in [-0.15, -0.1) is 0 Å². The Balaban J connectivity index is 1.85. The molecule has 0 saturated carbocycles. The van der Waals surface area contributed by atoms with Crippen LogP contribution in [0.15, 0.2) is 52.1 Å². The minimum Gasteiger partial charge on any atom is -0.461 e. The van der Waals surface area contributed by atoms with Crippen LogP contribution in [0.25, 0.3) is 22.5 Å². The highest BCUT2D eigenvalue weighted by Gasteiger charge is 2.14. The SMILES string of the molecule is CN(CCC#N)C(=O)CSc1nc(-c2ccco2)nc2ccccc12. The Kier molecular flexibility index (Phi) is 5.31. The molecule has 0 spiro atoms. The molecule has 3 aromatic rings. The van der Waals surface area contributed by atoms with Crippen molar-refractivity contribution >= 4 is 28.6 Å². The number of para-hydroxylation sites is 1. The van der Waals surface area contributed by atoms with E-state index in [1.165, 1.54) is 11.8 Å². The second-order valence-electron chi connectivity index (χ2n) is 5.36. The third-order valence-corrected chi connectivity index (χ3v) is 4.60. The molecule has 0 unspecified atom stereocenters. The van der Waals surface area contributed by atoms with Crippen LogP contribution in [0.5, 0.6) is 0 Å². The van der Waals surface area contributed by atoms with Gasteiger partial charge in [-0.25, -0.2) is 9.97 Å². The van der Waals surface area contributed by atoms with Gasteiger partial charge in [0.05, 0.1) is 30.0 Å². The number of carbonyl (C=O) groups is 1. The van der Waals surface area contributed by atoms with Gasteiger partial charge in [0.1, 0.15) is 5.03 Å². The molecule has 6 nitrogen and oxygen atoms in total. The normalized spacial score (nSPS) is 10.6. The van der Waals surface area contributed by atoms with Crippen molar-refractivity contribution in [2.24, 2.45) is 0 Å². The number of nitriles is 1. The van der Waals surface area contributed by atoms with Crippen LogP contribution in [-0.4, -0.2) is 40.1 Å². The Morgan fingerprint density at radius 3 is 2.88 bits per heavy atom. The number of benzene rings is 1. The summed E-state index contributed by atoms with van der Waals surface area (Å²) in [6, 6.07) is 13.3. The predicted molar refractivity (Wildman–Crippen MR) is 95.8 cm³/mol. The van der Waals surface area contributed by atoms with Gasteiger partial charge >= 0.3 is 0 Å². The van der Waals surface area contributed by atoms with Crippen LogP contribution in [-0.2, 0) is 4.79 Å². The fourth-order valence-electron chi connectivity index (χ4n) is 2.26. The smallest absolute Gasteiger partial charge is 0.232 e. The average Bonchev–Trinajstić information content (AvgIpc) is 3.18. The van der Waals surface area contributed by atoms with Crippen LogP contribution in [0.1, 0.15) is 6.42 Å². The monoisotopic (exact) mass is 352 g/mol. The second-order valence-corrected chi connectivity index (χ2v) is 6.32. The van der Waals surface area contributed by atoms with Gasteiger partial charge in [-0.05, 0) is 18.2 Å². The Morgan fingerprint density at radius 1 is 1.28 bits per heavy atom. The van der Waals surface area contributed by atoms with E-state index in [4.69, 9.17) is 9.68 Å². The van der Waals surface area contributed by atoms with Crippen molar-refractivity contribution in [1.29, 1.82) is 5.26 Å². The number of aromatic nitrogens is 2. The van der Waals surface area contributed by atoms with Crippen molar-refractivity contribution in [1.82, 2.24) is 14.9 Å². The molecule has 0 N–H and O–H groups in total. The molecule has 0 aliphatic carbocycles. The summed E-state index contributed by atoms with van der Waals surface area (Å²) in [5.41, 5.74) is 0.802. The first kappa shape index (κ1) is 17.0. The van der Waals surface area contributed by atoms with Crippen molar-refractivity contribution in [2.45, 2.75) is 11.4 Å². The molecule has 0 aliphatic heterocycles. The van der Waals surface area contributed by atoms with E-state index in [-0.39, 0.29) is 11.7 Å². The standard InChI is InChI=1S/C18H16N4O2S/c1-22(10-5-9-19)16(23)12-25-18-13-6-2-3-7-14(13)20-17(21-18)15-8-4-11-24-15/h2-4,6-8,11H,5,10,12H2,1H3. The number of hydrogen-bond donors (Lipinski definition) is 0. The first-order valence-corrected chi connectivity index (χ1v) is 8.72. The summed E-state index contributed by atoms with van der Waals surface area (Å²) < 4.78 is 5.39. The van der Waals surface area contributed by atoms with Crippen molar-refractivity contribution in [3.05, 3.63) is 42.7 Å². The molecule has 0 atom stereocenters. The minimum atomic E-state index is -0.0394. The maximum atomic E-state index is 12.2. The van der Waals surface area contributed by atoms with Gasteiger partial charge in [0.2, 0.25) is 5.91 Å². The van der Waals surface area contributed by atoms with E-state index in [0.29, 0.717) is 24.6 Å². The van der Waals surface area contributed by atoms with E-state index in [0.717, 1.165) is 15.9 Å². The molecule has 126 valence electrons. The summed E-state index contributed by atoms with van der Waals surface area (Å²) in [5, 5.41) is 10.3. The molecule has 25 heavy (non-hydrogen) atoms.